The first-order valence-corrected chi connectivity index (χ1v) is 6.86. The molecule has 0 aliphatic heterocycles. The van der Waals surface area contributed by atoms with Crippen LogP contribution in [0, 0.1) is 5.92 Å². The molecule has 0 aromatic carbocycles. The number of alkyl halides is 1. The minimum absolute atomic E-state index is 0.0814. The summed E-state index contributed by atoms with van der Waals surface area (Å²) in [5, 5.41) is 0. The maximum atomic E-state index is 5.91. The number of rotatable bonds is 4. The lowest BCUT2D eigenvalue weighted by Crippen LogP contribution is -2.29. The Labute approximate surface area is 95.8 Å². The van der Waals surface area contributed by atoms with E-state index in [1.165, 1.54) is 32.1 Å². The molecule has 0 aromatic heterocycles. The zero-order valence-corrected chi connectivity index (χ0v) is 11.0. The summed E-state index contributed by atoms with van der Waals surface area (Å²) >= 11 is 2.40. The highest BCUT2D eigenvalue weighted by Crippen LogP contribution is 2.25. The van der Waals surface area contributed by atoms with E-state index >= 15 is 0 Å². The second-order valence-electron chi connectivity index (χ2n) is 4.71. The van der Waals surface area contributed by atoms with E-state index in [-0.39, 0.29) is 5.60 Å². The molecule has 0 amide bonds. The second kappa shape index (κ2) is 5.54. The van der Waals surface area contributed by atoms with Crippen molar-refractivity contribution in [2.45, 2.75) is 51.6 Å². The summed E-state index contributed by atoms with van der Waals surface area (Å²) in [5.74, 6) is 0.843. The molecule has 13 heavy (non-hydrogen) atoms. The molecule has 1 rings (SSSR count). The molecule has 1 aliphatic rings. The van der Waals surface area contributed by atoms with E-state index in [9.17, 15) is 0 Å². The highest BCUT2D eigenvalue weighted by Gasteiger charge is 2.20. The quantitative estimate of drug-likeness (QED) is 0.566. The Hall–Kier alpha value is 0.690. The van der Waals surface area contributed by atoms with Crippen molar-refractivity contribution in [1.29, 1.82) is 0 Å². The van der Waals surface area contributed by atoms with Gasteiger partial charge < -0.3 is 4.74 Å². The van der Waals surface area contributed by atoms with E-state index in [1.807, 2.05) is 0 Å². The second-order valence-corrected chi connectivity index (χ2v) is 5.47. The smallest absolute Gasteiger partial charge is 0.0715 e. The third-order valence-electron chi connectivity index (χ3n) is 2.76. The van der Waals surface area contributed by atoms with Crippen molar-refractivity contribution in [3.63, 3.8) is 0 Å². The lowest BCUT2D eigenvalue weighted by Gasteiger charge is -2.28. The van der Waals surface area contributed by atoms with E-state index in [0.717, 1.165) is 17.0 Å². The molecule has 0 bridgehead atoms. The van der Waals surface area contributed by atoms with Crippen LogP contribution in [0.25, 0.3) is 0 Å². The summed E-state index contributed by atoms with van der Waals surface area (Å²) in [6.45, 7) is 5.35. The van der Waals surface area contributed by atoms with Gasteiger partial charge in [-0.2, -0.15) is 0 Å². The number of ether oxygens (including phenoxy) is 1. The molecular weight excluding hydrogens is 275 g/mol. The van der Waals surface area contributed by atoms with Gasteiger partial charge in [-0.3, -0.25) is 0 Å². The molecule has 0 radical (unpaired) electrons. The molecule has 1 nitrogen and oxygen atoms in total. The summed E-state index contributed by atoms with van der Waals surface area (Å²) in [6.07, 6.45) is 7.04. The van der Waals surface area contributed by atoms with E-state index in [1.54, 1.807) is 0 Å². The molecule has 1 aliphatic carbocycles. The van der Waals surface area contributed by atoms with Crippen molar-refractivity contribution in [3.05, 3.63) is 0 Å². The molecule has 0 unspecified atom stereocenters. The van der Waals surface area contributed by atoms with E-state index in [0.29, 0.717) is 0 Å². The van der Waals surface area contributed by atoms with Crippen LogP contribution in [0.2, 0.25) is 0 Å². The first-order chi connectivity index (χ1) is 6.14. The third-order valence-corrected chi connectivity index (χ3v) is 4.59. The Balaban J connectivity index is 2.17. The van der Waals surface area contributed by atoms with Gasteiger partial charge in [-0.05, 0) is 32.6 Å². The molecule has 0 saturated heterocycles. The molecular formula is C11H21IO. The molecule has 0 spiro atoms. The van der Waals surface area contributed by atoms with Gasteiger partial charge in [0.1, 0.15) is 0 Å². The average molecular weight is 296 g/mol. The largest absolute Gasteiger partial charge is 0.374 e. The molecule has 1 fully saturated rings. The van der Waals surface area contributed by atoms with Gasteiger partial charge in [0.15, 0.2) is 0 Å². The lowest BCUT2D eigenvalue weighted by atomic mass is 9.90. The van der Waals surface area contributed by atoms with Gasteiger partial charge in [0.25, 0.3) is 0 Å². The molecule has 0 aromatic rings. The monoisotopic (exact) mass is 296 g/mol. The SMILES string of the molecule is CC(C)(CI)OCC1CCCCC1. The normalized spacial score (nSPS) is 20.5. The predicted molar refractivity (Wildman–Crippen MR) is 65.5 cm³/mol. The van der Waals surface area contributed by atoms with Crippen molar-refractivity contribution < 1.29 is 4.74 Å². The van der Waals surface area contributed by atoms with Crippen LogP contribution in [0.15, 0.2) is 0 Å². The van der Waals surface area contributed by atoms with Crippen LogP contribution in [0.4, 0.5) is 0 Å². The van der Waals surface area contributed by atoms with Crippen molar-refractivity contribution in [2.75, 3.05) is 11.0 Å². The number of halogens is 1. The molecule has 0 N–H and O–H groups in total. The van der Waals surface area contributed by atoms with E-state index in [2.05, 4.69) is 36.4 Å². The Kier molecular flexibility index (Phi) is 5.01. The molecule has 0 heterocycles. The van der Waals surface area contributed by atoms with Gasteiger partial charge in [0.2, 0.25) is 0 Å². The van der Waals surface area contributed by atoms with Crippen LogP contribution in [0.1, 0.15) is 46.0 Å². The maximum absolute atomic E-state index is 5.91. The standard InChI is InChI=1S/C11H21IO/c1-11(2,9-12)13-8-10-6-4-3-5-7-10/h10H,3-9H2,1-2H3. The third kappa shape index (κ3) is 4.63. The number of hydrogen-bond acceptors (Lipinski definition) is 1. The first-order valence-electron chi connectivity index (χ1n) is 5.34. The highest BCUT2D eigenvalue weighted by molar-refractivity contribution is 14.1. The predicted octanol–water partition coefficient (Wildman–Crippen LogP) is 3.80. The highest BCUT2D eigenvalue weighted by atomic mass is 127. The molecule has 78 valence electrons. The Morgan fingerprint density at radius 2 is 1.85 bits per heavy atom. The molecule has 1 saturated carbocycles. The van der Waals surface area contributed by atoms with Gasteiger partial charge in [-0.15, -0.1) is 0 Å². The van der Waals surface area contributed by atoms with Crippen molar-refractivity contribution in [1.82, 2.24) is 0 Å². The Bertz CT molecular complexity index is 139. The van der Waals surface area contributed by atoms with Crippen LogP contribution < -0.4 is 0 Å². The van der Waals surface area contributed by atoms with Crippen molar-refractivity contribution in [3.8, 4) is 0 Å². The van der Waals surface area contributed by atoms with Gasteiger partial charge >= 0.3 is 0 Å². The van der Waals surface area contributed by atoms with Crippen LogP contribution in [-0.2, 0) is 4.74 Å². The summed E-state index contributed by atoms with van der Waals surface area (Å²) in [6, 6.07) is 0. The van der Waals surface area contributed by atoms with E-state index in [4.69, 9.17) is 4.74 Å². The van der Waals surface area contributed by atoms with Crippen molar-refractivity contribution in [2.24, 2.45) is 5.92 Å². The minimum Gasteiger partial charge on any atom is -0.374 e. The zero-order chi connectivity index (χ0) is 9.73. The summed E-state index contributed by atoms with van der Waals surface area (Å²) < 4.78 is 6.99. The van der Waals surface area contributed by atoms with Gasteiger partial charge in [0.05, 0.1) is 12.2 Å². The van der Waals surface area contributed by atoms with E-state index < -0.39 is 0 Å². The number of hydrogen-bond donors (Lipinski definition) is 0. The fourth-order valence-corrected chi connectivity index (χ4v) is 1.96. The average Bonchev–Trinajstić information content (AvgIpc) is 2.17. The Morgan fingerprint density at radius 3 is 2.38 bits per heavy atom. The summed E-state index contributed by atoms with van der Waals surface area (Å²) in [7, 11) is 0. The molecule has 2 heteroatoms. The van der Waals surface area contributed by atoms with Gasteiger partial charge in [-0.1, -0.05) is 41.9 Å². The minimum atomic E-state index is 0.0814. The van der Waals surface area contributed by atoms with Crippen LogP contribution in [0.3, 0.4) is 0 Å². The fraction of sp³-hybridized carbons (Fsp3) is 1.00. The lowest BCUT2D eigenvalue weighted by molar-refractivity contribution is -0.0226. The fourth-order valence-electron chi connectivity index (χ4n) is 1.74. The Morgan fingerprint density at radius 1 is 1.23 bits per heavy atom. The van der Waals surface area contributed by atoms with Crippen LogP contribution in [-0.4, -0.2) is 16.6 Å². The van der Waals surface area contributed by atoms with Crippen LogP contribution >= 0.6 is 22.6 Å². The van der Waals surface area contributed by atoms with Crippen LogP contribution in [0.5, 0.6) is 0 Å². The van der Waals surface area contributed by atoms with Gasteiger partial charge in [0, 0.05) is 4.43 Å². The topological polar surface area (TPSA) is 9.23 Å². The van der Waals surface area contributed by atoms with Gasteiger partial charge in [-0.25, -0.2) is 0 Å². The first kappa shape index (κ1) is 11.8. The zero-order valence-electron chi connectivity index (χ0n) is 8.81. The summed E-state index contributed by atoms with van der Waals surface area (Å²) in [5.41, 5.74) is 0.0814. The maximum Gasteiger partial charge on any atom is 0.0715 e. The summed E-state index contributed by atoms with van der Waals surface area (Å²) in [4.78, 5) is 0. The van der Waals surface area contributed by atoms with Crippen molar-refractivity contribution >= 4 is 22.6 Å². The molecule has 0 atom stereocenters.